The molecular weight excluding hydrogens is 278 g/mol. The number of hydrogen-bond donors (Lipinski definition) is 0. The molecule has 1 aromatic rings. The van der Waals surface area contributed by atoms with Crippen LogP contribution >= 0.6 is 0 Å². The van der Waals surface area contributed by atoms with Crippen LogP contribution < -0.4 is 0 Å². The van der Waals surface area contributed by atoms with Crippen molar-refractivity contribution in [2.24, 2.45) is 0 Å². The van der Waals surface area contributed by atoms with Crippen LogP contribution in [0.5, 0.6) is 0 Å². The Morgan fingerprint density at radius 1 is 1.09 bits per heavy atom. The molecule has 1 unspecified atom stereocenters. The molecule has 5 nitrogen and oxygen atoms in total. The first kappa shape index (κ1) is 15.0. The molecule has 1 atom stereocenters. The van der Waals surface area contributed by atoms with Crippen molar-refractivity contribution in [1.29, 1.82) is 0 Å². The summed E-state index contributed by atoms with van der Waals surface area (Å²) in [7, 11) is 0. The molecule has 0 aromatic heterocycles. The molecule has 0 saturated carbocycles. The number of piperazine rings is 1. The van der Waals surface area contributed by atoms with E-state index >= 15 is 0 Å². The lowest BCUT2D eigenvalue weighted by Crippen LogP contribution is -2.52. The van der Waals surface area contributed by atoms with E-state index in [1.807, 2.05) is 41.0 Å². The number of likely N-dealkylation sites (tertiary alicyclic amines) is 1. The molecule has 1 aromatic carbocycles. The third kappa shape index (κ3) is 3.14. The Balaban J connectivity index is 1.54. The van der Waals surface area contributed by atoms with Gasteiger partial charge in [-0.25, -0.2) is 0 Å². The molecule has 0 bridgehead atoms. The van der Waals surface area contributed by atoms with Gasteiger partial charge in [0.05, 0.1) is 0 Å². The quantitative estimate of drug-likeness (QED) is 0.782. The van der Waals surface area contributed by atoms with Crippen molar-refractivity contribution in [3.63, 3.8) is 0 Å². The minimum atomic E-state index is 0.126. The fraction of sp³-hybridized carbons (Fsp3) is 0.529. The predicted octanol–water partition coefficient (Wildman–Crippen LogP) is 0.984. The highest BCUT2D eigenvalue weighted by molar-refractivity contribution is 5.94. The number of carbonyl (C=O) groups excluding carboxylic acids is 2. The standard InChI is InChI=1S/C17H23N3O2/c1-14-2-4-15(5-3-14)17(22)20-10-8-19(9-11-20)16-6-7-18(12-16)13-21/h2-5,13,16H,6-12H2,1H3. The largest absolute Gasteiger partial charge is 0.344 e. The van der Waals surface area contributed by atoms with Crippen LogP contribution in [0.2, 0.25) is 0 Å². The van der Waals surface area contributed by atoms with Gasteiger partial charge in [-0.1, -0.05) is 17.7 Å². The van der Waals surface area contributed by atoms with Crippen molar-refractivity contribution in [1.82, 2.24) is 14.7 Å². The SMILES string of the molecule is Cc1ccc(C(=O)N2CCN(C3CCN(C=O)C3)CC2)cc1. The lowest BCUT2D eigenvalue weighted by atomic mass is 10.1. The molecule has 22 heavy (non-hydrogen) atoms. The van der Waals surface area contributed by atoms with Crippen molar-refractivity contribution in [2.75, 3.05) is 39.3 Å². The van der Waals surface area contributed by atoms with E-state index in [9.17, 15) is 9.59 Å². The highest BCUT2D eigenvalue weighted by Crippen LogP contribution is 2.17. The van der Waals surface area contributed by atoms with E-state index in [0.29, 0.717) is 6.04 Å². The number of amides is 2. The van der Waals surface area contributed by atoms with Crippen LogP contribution in [-0.4, -0.2) is 72.3 Å². The van der Waals surface area contributed by atoms with Gasteiger partial charge in [0, 0.05) is 50.9 Å². The molecule has 2 fully saturated rings. The summed E-state index contributed by atoms with van der Waals surface area (Å²) in [6.07, 6.45) is 1.99. The Hall–Kier alpha value is -1.88. The molecule has 3 rings (SSSR count). The van der Waals surface area contributed by atoms with E-state index < -0.39 is 0 Å². The molecule has 0 spiro atoms. The first-order chi connectivity index (χ1) is 10.7. The second-order valence-corrected chi connectivity index (χ2v) is 6.24. The number of benzene rings is 1. The Bertz CT molecular complexity index is 535. The molecule has 0 radical (unpaired) electrons. The predicted molar refractivity (Wildman–Crippen MR) is 84.7 cm³/mol. The van der Waals surface area contributed by atoms with Crippen LogP contribution in [0.25, 0.3) is 0 Å². The minimum Gasteiger partial charge on any atom is -0.344 e. The summed E-state index contributed by atoms with van der Waals surface area (Å²) < 4.78 is 0. The third-order valence-corrected chi connectivity index (χ3v) is 4.76. The summed E-state index contributed by atoms with van der Waals surface area (Å²) in [6.45, 7) is 7.04. The molecule has 2 saturated heterocycles. The van der Waals surface area contributed by atoms with E-state index in [1.54, 1.807) is 0 Å². The number of hydrogen-bond acceptors (Lipinski definition) is 3. The Morgan fingerprint density at radius 3 is 2.36 bits per heavy atom. The fourth-order valence-corrected chi connectivity index (χ4v) is 3.33. The minimum absolute atomic E-state index is 0.126. The molecule has 0 N–H and O–H groups in total. The van der Waals surface area contributed by atoms with Crippen molar-refractivity contribution in [3.05, 3.63) is 35.4 Å². The lowest BCUT2D eigenvalue weighted by molar-refractivity contribution is -0.117. The smallest absolute Gasteiger partial charge is 0.253 e. The number of aryl methyl sites for hydroxylation is 1. The first-order valence-electron chi connectivity index (χ1n) is 7.97. The molecule has 118 valence electrons. The summed E-state index contributed by atoms with van der Waals surface area (Å²) in [5.74, 6) is 0.126. The average Bonchev–Trinajstić information content (AvgIpc) is 3.04. The fourth-order valence-electron chi connectivity index (χ4n) is 3.33. The summed E-state index contributed by atoms with van der Waals surface area (Å²) in [5.41, 5.74) is 1.94. The molecule has 2 amide bonds. The monoisotopic (exact) mass is 301 g/mol. The second-order valence-electron chi connectivity index (χ2n) is 6.24. The van der Waals surface area contributed by atoms with Crippen molar-refractivity contribution in [3.8, 4) is 0 Å². The average molecular weight is 301 g/mol. The van der Waals surface area contributed by atoms with Crippen molar-refractivity contribution >= 4 is 12.3 Å². The summed E-state index contributed by atoms with van der Waals surface area (Å²) in [5, 5.41) is 0. The molecule has 5 heteroatoms. The van der Waals surface area contributed by atoms with Crippen LogP contribution in [0.4, 0.5) is 0 Å². The molecule has 2 aliphatic heterocycles. The molecule has 2 heterocycles. The van der Waals surface area contributed by atoms with Crippen LogP contribution in [0.1, 0.15) is 22.3 Å². The summed E-state index contributed by atoms with van der Waals surface area (Å²) in [4.78, 5) is 29.5. The highest BCUT2D eigenvalue weighted by Gasteiger charge is 2.30. The maximum atomic E-state index is 12.5. The normalized spacial score (nSPS) is 22.9. The van der Waals surface area contributed by atoms with Crippen LogP contribution in [0.3, 0.4) is 0 Å². The van der Waals surface area contributed by atoms with Gasteiger partial charge in [-0.05, 0) is 25.5 Å². The topological polar surface area (TPSA) is 43.9 Å². The van der Waals surface area contributed by atoms with Crippen LogP contribution in [0, 0.1) is 6.92 Å². The maximum Gasteiger partial charge on any atom is 0.253 e. The summed E-state index contributed by atoms with van der Waals surface area (Å²) >= 11 is 0. The van der Waals surface area contributed by atoms with Gasteiger partial charge in [-0.3, -0.25) is 14.5 Å². The lowest BCUT2D eigenvalue weighted by Gasteiger charge is -2.37. The van der Waals surface area contributed by atoms with E-state index in [4.69, 9.17) is 0 Å². The van der Waals surface area contributed by atoms with Gasteiger partial charge in [0.25, 0.3) is 5.91 Å². The van der Waals surface area contributed by atoms with Gasteiger partial charge < -0.3 is 9.80 Å². The Kier molecular flexibility index (Phi) is 4.43. The summed E-state index contributed by atoms with van der Waals surface area (Å²) in [6, 6.07) is 8.24. The number of rotatable bonds is 3. The van der Waals surface area contributed by atoms with E-state index in [2.05, 4.69) is 4.90 Å². The van der Waals surface area contributed by atoms with E-state index in [-0.39, 0.29) is 5.91 Å². The molecule has 2 aliphatic rings. The number of nitrogens with zero attached hydrogens (tertiary/aromatic N) is 3. The van der Waals surface area contributed by atoms with E-state index in [1.165, 1.54) is 5.56 Å². The van der Waals surface area contributed by atoms with Gasteiger partial charge in [-0.2, -0.15) is 0 Å². The van der Waals surface area contributed by atoms with Gasteiger partial charge in [0.15, 0.2) is 0 Å². The third-order valence-electron chi connectivity index (χ3n) is 4.76. The van der Waals surface area contributed by atoms with Gasteiger partial charge in [0.1, 0.15) is 0 Å². The molecular formula is C17H23N3O2. The second kappa shape index (κ2) is 6.48. The van der Waals surface area contributed by atoms with Gasteiger partial charge >= 0.3 is 0 Å². The number of carbonyl (C=O) groups is 2. The molecule has 0 aliphatic carbocycles. The van der Waals surface area contributed by atoms with Crippen LogP contribution in [-0.2, 0) is 4.79 Å². The zero-order chi connectivity index (χ0) is 15.5. The Morgan fingerprint density at radius 2 is 1.77 bits per heavy atom. The van der Waals surface area contributed by atoms with Gasteiger partial charge in [-0.15, -0.1) is 0 Å². The highest BCUT2D eigenvalue weighted by atomic mass is 16.2. The zero-order valence-corrected chi connectivity index (χ0v) is 13.1. The zero-order valence-electron chi connectivity index (χ0n) is 13.1. The maximum absolute atomic E-state index is 12.5. The van der Waals surface area contributed by atoms with Crippen LogP contribution in [0.15, 0.2) is 24.3 Å². The van der Waals surface area contributed by atoms with E-state index in [0.717, 1.165) is 57.7 Å². The van der Waals surface area contributed by atoms with Crippen molar-refractivity contribution < 1.29 is 9.59 Å². The van der Waals surface area contributed by atoms with Gasteiger partial charge in [0.2, 0.25) is 6.41 Å². The van der Waals surface area contributed by atoms with Crippen molar-refractivity contribution in [2.45, 2.75) is 19.4 Å². The first-order valence-corrected chi connectivity index (χ1v) is 7.97. The Labute approximate surface area is 131 Å².